The van der Waals surface area contributed by atoms with Gasteiger partial charge in [-0.2, -0.15) is 0 Å². The molecule has 29 heavy (non-hydrogen) atoms. The molecule has 0 atom stereocenters. The lowest BCUT2D eigenvalue weighted by atomic mass is 10.1. The fraction of sp³-hybridized carbons (Fsp3) is 0.190. The highest BCUT2D eigenvalue weighted by atomic mass is 16.5. The normalized spacial score (nSPS) is 13.9. The number of para-hydroxylation sites is 1. The van der Waals surface area contributed by atoms with Crippen LogP contribution in [-0.4, -0.2) is 43.6 Å². The van der Waals surface area contributed by atoms with Crippen molar-refractivity contribution in [2.45, 2.75) is 0 Å². The van der Waals surface area contributed by atoms with Gasteiger partial charge in [-0.25, -0.2) is 4.98 Å². The third-order valence-corrected chi connectivity index (χ3v) is 4.82. The van der Waals surface area contributed by atoms with Crippen molar-refractivity contribution in [3.8, 4) is 11.5 Å². The summed E-state index contributed by atoms with van der Waals surface area (Å²) < 4.78 is 10.7. The maximum atomic E-state index is 12.9. The number of rotatable bonds is 5. The summed E-state index contributed by atoms with van der Waals surface area (Å²) in [6.45, 7) is 0.0956. The fourth-order valence-electron chi connectivity index (χ4n) is 3.45. The van der Waals surface area contributed by atoms with Crippen LogP contribution in [0.1, 0.15) is 5.82 Å². The molecule has 8 nitrogen and oxygen atoms in total. The highest BCUT2D eigenvalue weighted by Gasteiger charge is 2.33. The van der Waals surface area contributed by atoms with Crippen LogP contribution in [0.2, 0.25) is 0 Å². The number of methoxy groups -OCH3 is 2. The van der Waals surface area contributed by atoms with Crippen molar-refractivity contribution in [3.05, 3.63) is 64.5 Å². The Morgan fingerprint density at radius 1 is 1.07 bits per heavy atom. The number of carbonyl (C=O) groups excluding carboxylic acids is 1. The molecule has 148 valence electrons. The lowest BCUT2D eigenvalue weighted by molar-refractivity contribution is -0.112. The van der Waals surface area contributed by atoms with Gasteiger partial charge < -0.3 is 24.7 Å². The van der Waals surface area contributed by atoms with Gasteiger partial charge in [0.2, 0.25) is 0 Å². The Balaban J connectivity index is 1.88. The minimum atomic E-state index is -0.289. The van der Waals surface area contributed by atoms with E-state index in [9.17, 15) is 9.59 Å². The zero-order valence-electron chi connectivity index (χ0n) is 16.3. The topological polar surface area (TPSA) is 96.5 Å². The quantitative estimate of drug-likeness (QED) is 0.685. The molecule has 0 spiro atoms. The maximum Gasteiger partial charge on any atom is 0.259 e. The summed E-state index contributed by atoms with van der Waals surface area (Å²) in [5, 5.41) is 3.55. The van der Waals surface area contributed by atoms with Gasteiger partial charge in [-0.1, -0.05) is 12.1 Å². The molecule has 0 saturated carbocycles. The molecule has 0 radical (unpaired) electrons. The Kier molecular flexibility index (Phi) is 4.67. The molecule has 1 aromatic heterocycles. The van der Waals surface area contributed by atoms with Crippen LogP contribution < -0.4 is 25.2 Å². The van der Waals surface area contributed by atoms with Crippen molar-refractivity contribution in [3.63, 3.8) is 0 Å². The zero-order chi connectivity index (χ0) is 20.5. The van der Waals surface area contributed by atoms with Crippen molar-refractivity contribution >= 4 is 27.9 Å². The first-order valence-corrected chi connectivity index (χ1v) is 9.01. The lowest BCUT2D eigenvalue weighted by Gasteiger charge is -2.22. The summed E-state index contributed by atoms with van der Waals surface area (Å²) in [7, 11) is 4.85. The summed E-state index contributed by atoms with van der Waals surface area (Å²) in [5.41, 5.74) is 1.29. The van der Waals surface area contributed by atoms with E-state index in [0.717, 1.165) is 5.69 Å². The number of aromatic amines is 1. The molecule has 8 heteroatoms. The zero-order valence-corrected chi connectivity index (χ0v) is 16.3. The van der Waals surface area contributed by atoms with Crippen molar-refractivity contribution < 1.29 is 14.3 Å². The number of H-pyrrole nitrogens is 1. The van der Waals surface area contributed by atoms with Crippen molar-refractivity contribution in [2.75, 3.05) is 32.7 Å². The van der Waals surface area contributed by atoms with Gasteiger partial charge in [0.25, 0.3) is 5.56 Å². The number of ketones is 1. The van der Waals surface area contributed by atoms with Crippen LogP contribution in [0, 0.1) is 0 Å². The number of hydrogen-bond acceptors (Lipinski definition) is 7. The first kappa shape index (κ1) is 18.5. The third kappa shape index (κ3) is 3.18. The number of Topliss-reactive ketones (excluding diaryl/α,β-unsaturated/α-hetero) is 1. The molecule has 3 aromatic rings. The van der Waals surface area contributed by atoms with E-state index in [1.54, 1.807) is 56.5 Å². The SMILES string of the molecule is CNC1=C(c2nc3ccccc3c(=O)[nH]2)C(=O)CN1c1cc(OC)cc(OC)c1. The Labute approximate surface area is 166 Å². The van der Waals surface area contributed by atoms with Gasteiger partial charge in [-0.05, 0) is 12.1 Å². The molecule has 2 heterocycles. The minimum absolute atomic E-state index is 0.0956. The molecular formula is C21H20N4O4. The molecule has 0 bridgehead atoms. The molecular weight excluding hydrogens is 372 g/mol. The molecule has 0 unspecified atom stereocenters. The van der Waals surface area contributed by atoms with E-state index < -0.39 is 0 Å². The van der Waals surface area contributed by atoms with Gasteiger partial charge in [-0.15, -0.1) is 0 Å². The van der Waals surface area contributed by atoms with E-state index in [1.807, 2.05) is 12.1 Å². The van der Waals surface area contributed by atoms with Crippen molar-refractivity contribution in [1.29, 1.82) is 0 Å². The number of ether oxygens (including phenoxy) is 2. The summed E-state index contributed by atoms with van der Waals surface area (Å²) >= 11 is 0. The van der Waals surface area contributed by atoms with E-state index in [-0.39, 0.29) is 23.7 Å². The summed E-state index contributed by atoms with van der Waals surface area (Å²) in [6.07, 6.45) is 0. The number of benzene rings is 2. The van der Waals surface area contributed by atoms with Gasteiger partial charge in [-0.3, -0.25) is 9.59 Å². The summed E-state index contributed by atoms with van der Waals surface area (Å²) in [4.78, 5) is 34.5. The molecule has 2 aromatic carbocycles. The molecule has 0 fully saturated rings. The van der Waals surface area contributed by atoms with Crippen LogP contribution in [0.5, 0.6) is 11.5 Å². The molecule has 1 aliphatic rings. The predicted molar refractivity (Wildman–Crippen MR) is 110 cm³/mol. The number of aromatic nitrogens is 2. The standard InChI is InChI=1S/C21H20N4O4/c1-22-20-18(19-23-16-7-5-4-6-15(16)21(27)24-19)17(26)11-25(20)12-8-13(28-2)10-14(9-12)29-3/h4-10,22H,11H2,1-3H3,(H,23,24,27). The second-order valence-corrected chi connectivity index (χ2v) is 6.49. The van der Waals surface area contributed by atoms with E-state index in [1.165, 1.54) is 0 Å². The highest BCUT2D eigenvalue weighted by molar-refractivity contribution is 6.26. The first-order chi connectivity index (χ1) is 14.0. The number of hydrogen-bond donors (Lipinski definition) is 2. The number of nitrogens with zero attached hydrogens (tertiary/aromatic N) is 2. The van der Waals surface area contributed by atoms with Gasteiger partial charge in [0.1, 0.15) is 28.7 Å². The van der Waals surface area contributed by atoms with E-state index in [0.29, 0.717) is 33.8 Å². The smallest absolute Gasteiger partial charge is 0.259 e. The molecule has 4 rings (SSSR count). The first-order valence-electron chi connectivity index (χ1n) is 9.01. The number of nitrogens with one attached hydrogen (secondary N) is 2. The predicted octanol–water partition coefficient (Wildman–Crippen LogP) is 1.92. The van der Waals surface area contributed by atoms with Crippen LogP contribution >= 0.6 is 0 Å². The van der Waals surface area contributed by atoms with Gasteiger partial charge in [0.05, 0.1) is 37.4 Å². The molecule has 2 N–H and O–H groups in total. The Bertz CT molecular complexity index is 1180. The van der Waals surface area contributed by atoms with Gasteiger partial charge in [0.15, 0.2) is 5.78 Å². The van der Waals surface area contributed by atoms with Crippen molar-refractivity contribution in [1.82, 2.24) is 15.3 Å². The average Bonchev–Trinajstić information content (AvgIpc) is 3.09. The fourth-order valence-corrected chi connectivity index (χ4v) is 3.45. The molecule has 0 amide bonds. The maximum absolute atomic E-state index is 12.9. The third-order valence-electron chi connectivity index (χ3n) is 4.82. The second-order valence-electron chi connectivity index (χ2n) is 6.49. The van der Waals surface area contributed by atoms with Crippen LogP contribution in [0.4, 0.5) is 5.69 Å². The monoisotopic (exact) mass is 392 g/mol. The van der Waals surface area contributed by atoms with Crippen molar-refractivity contribution in [2.24, 2.45) is 0 Å². The second kappa shape index (κ2) is 7.31. The Hall–Kier alpha value is -3.81. The minimum Gasteiger partial charge on any atom is -0.497 e. The summed E-state index contributed by atoms with van der Waals surface area (Å²) in [6, 6.07) is 12.4. The number of fused-ring (bicyclic) bond motifs is 1. The molecule has 0 saturated heterocycles. The van der Waals surface area contributed by atoms with E-state index >= 15 is 0 Å². The molecule has 1 aliphatic heterocycles. The number of carbonyl (C=O) groups is 1. The Morgan fingerprint density at radius 2 is 1.76 bits per heavy atom. The van der Waals surface area contributed by atoms with Crippen LogP contribution in [0.25, 0.3) is 16.5 Å². The van der Waals surface area contributed by atoms with Crippen LogP contribution in [0.15, 0.2) is 53.1 Å². The van der Waals surface area contributed by atoms with Crippen LogP contribution in [-0.2, 0) is 4.79 Å². The molecule has 0 aliphatic carbocycles. The largest absolute Gasteiger partial charge is 0.497 e. The average molecular weight is 392 g/mol. The van der Waals surface area contributed by atoms with Gasteiger partial charge >= 0.3 is 0 Å². The highest BCUT2D eigenvalue weighted by Crippen LogP contribution is 2.34. The van der Waals surface area contributed by atoms with E-state index in [2.05, 4.69) is 15.3 Å². The summed E-state index contributed by atoms with van der Waals surface area (Å²) in [5.74, 6) is 1.83. The Morgan fingerprint density at radius 3 is 2.41 bits per heavy atom. The van der Waals surface area contributed by atoms with Gasteiger partial charge in [0, 0.05) is 25.2 Å². The number of anilines is 1. The van der Waals surface area contributed by atoms with Crippen LogP contribution in [0.3, 0.4) is 0 Å². The lowest BCUT2D eigenvalue weighted by Crippen LogP contribution is -2.27. The van der Waals surface area contributed by atoms with E-state index in [4.69, 9.17) is 9.47 Å².